The van der Waals surface area contributed by atoms with Gasteiger partial charge >= 0.3 is 0 Å². The molecule has 0 aliphatic carbocycles. The maximum absolute atomic E-state index is 13.0. The molecule has 1 fully saturated rings. The molecule has 1 aliphatic heterocycles. The molecule has 1 saturated heterocycles. The summed E-state index contributed by atoms with van der Waals surface area (Å²) in [6.45, 7) is 3.39. The Balaban J connectivity index is 1.22. The summed E-state index contributed by atoms with van der Waals surface area (Å²) in [5.74, 6) is 1.23. The highest BCUT2D eigenvalue weighted by Crippen LogP contribution is 2.36. The van der Waals surface area contributed by atoms with Gasteiger partial charge in [-0.25, -0.2) is 0 Å². The van der Waals surface area contributed by atoms with Crippen LogP contribution in [-0.4, -0.2) is 52.0 Å². The molecule has 0 atom stereocenters. The molecule has 1 aromatic carbocycles. The first kappa shape index (κ1) is 18.7. The second-order valence-corrected chi connectivity index (χ2v) is 9.18. The minimum atomic E-state index is 0.00798. The van der Waals surface area contributed by atoms with Gasteiger partial charge in [-0.05, 0) is 17.5 Å². The number of carbonyl (C=O) groups excluding carboxylic acids is 1. The molecule has 4 aromatic rings. The molecule has 3 aromatic heterocycles. The predicted molar refractivity (Wildman–Crippen MR) is 116 cm³/mol. The quantitative estimate of drug-likeness (QED) is 0.459. The molecular formula is C20H17ClN4O2S2. The number of thiophene rings is 2. The first-order chi connectivity index (χ1) is 14.2. The Morgan fingerprint density at radius 2 is 1.97 bits per heavy atom. The fourth-order valence-corrected chi connectivity index (χ4v) is 5.55. The zero-order chi connectivity index (χ0) is 19.8. The number of hydrogen-bond acceptors (Lipinski definition) is 7. The van der Waals surface area contributed by atoms with E-state index in [2.05, 4.69) is 15.0 Å². The van der Waals surface area contributed by atoms with Crippen molar-refractivity contribution in [3.8, 4) is 10.7 Å². The van der Waals surface area contributed by atoms with Crippen LogP contribution in [0.15, 0.2) is 46.3 Å². The van der Waals surface area contributed by atoms with Gasteiger partial charge in [0.15, 0.2) is 0 Å². The fraction of sp³-hybridized carbons (Fsp3) is 0.250. The minimum absolute atomic E-state index is 0.00798. The van der Waals surface area contributed by atoms with Crippen molar-refractivity contribution >= 4 is 50.3 Å². The van der Waals surface area contributed by atoms with Gasteiger partial charge in [0, 0.05) is 36.3 Å². The summed E-state index contributed by atoms with van der Waals surface area (Å²) in [6.07, 6.45) is 0. The molecular weight excluding hydrogens is 428 g/mol. The third-order valence-corrected chi connectivity index (χ3v) is 7.49. The van der Waals surface area contributed by atoms with Gasteiger partial charge in [0.2, 0.25) is 11.7 Å². The molecule has 0 N–H and O–H groups in total. The van der Waals surface area contributed by atoms with E-state index < -0.39 is 0 Å². The van der Waals surface area contributed by atoms with E-state index in [4.69, 9.17) is 16.1 Å². The summed E-state index contributed by atoms with van der Waals surface area (Å²) in [7, 11) is 0. The summed E-state index contributed by atoms with van der Waals surface area (Å²) in [6, 6.07) is 11.8. The van der Waals surface area contributed by atoms with Crippen molar-refractivity contribution in [3.05, 3.63) is 57.6 Å². The van der Waals surface area contributed by atoms with Crippen LogP contribution in [0, 0.1) is 0 Å². The van der Waals surface area contributed by atoms with Crippen LogP contribution in [0.5, 0.6) is 0 Å². The van der Waals surface area contributed by atoms with Crippen LogP contribution in [0.1, 0.15) is 15.6 Å². The third-order valence-electron chi connectivity index (χ3n) is 4.96. The molecule has 1 amide bonds. The lowest BCUT2D eigenvalue weighted by molar-refractivity contribution is 0.0620. The molecule has 0 spiro atoms. The van der Waals surface area contributed by atoms with Crippen molar-refractivity contribution < 1.29 is 9.32 Å². The van der Waals surface area contributed by atoms with Crippen LogP contribution < -0.4 is 0 Å². The summed E-state index contributed by atoms with van der Waals surface area (Å²) in [5, 5.41) is 7.55. The fourth-order valence-electron chi connectivity index (χ4n) is 3.42. The lowest BCUT2D eigenvalue weighted by Crippen LogP contribution is -2.48. The zero-order valence-corrected chi connectivity index (χ0v) is 17.8. The molecule has 0 unspecified atom stereocenters. The largest absolute Gasteiger partial charge is 0.338 e. The molecule has 5 rings (SSSR count). The molecule has 0 saturated carbocycles. The third kappa shape index (κ3) is 3.69. The first-order valence-electron chi connectivity index (χ1n) is 9.24. The lowest BCUT2D eigenvalue weighted by atomic mass is 10.2. The summed E-state index contributed by atoms with van der Waals surface area (Å²) >= 11 is 9.53. The molecule has 4 heterocycles. The standard InChI is InChI=1S/C20H17ClN4O2S2/c21-17-13-4-1-2-5-14(13)29-18(17)20(26)25-9-7-24(8-10-25)12-16-22-19(23-27-16)15-6-3-11-28-15/h1-6,11H,7-10,12H2. The highest BCUT2D eigenvalue weighted by Gasteiger charge is 2.26. The SMILES string of the molecule is O=C(c1sc2ccccc2c1Cl)N1CCN(Cc2nc(-c3cccs3)no2)CC1. The van der Waals surface area contributed by atoms with Crippen molar-refractivity contribution in [2.75, 3.05) is 26.2 Å². The van der Waals surface area contributed by atoms with Gasteiger partial charge in [-0.1, -0.05) is 41.0 Å². The normalized spacial score (nSPS) is 15.3. The van der Waals surface area contributed by atoms with Gasteiger partial charge in [0.1, 0.15) is 4.88 Å². The van der Waals surface area contributed by atoms with Crippen LogP contribution in [0.4, 0.5) is 0 Å². The van der Waals surface area contributed by atoms with Gasteiger partial charge in [0.05, 0.1) is 16.4 Å². The Kier molecular flexibility index (Phi) is 5.09. The first-order valence-corrected chi connectivity index (χ1v) is 11.3. The van der Waals surface area contributed by atoms with E-state index in [1.54, 1.807) is 11.3 Å². The maximum Gasteiger partial charge on any atom is 0.265 e. The topological polar surface area (TPSA) is 62.5 Å². The molecule has 148 valence electrons. The maximum atomic E-state index is 13.0. The second kappa shape index (κ2) is 7.87. The van der Waals surface area contributed by atoms with Gasteiger partial charge in [-0.15, -0.1) is 22.7 Å². The van der Waals surface area contributed by atoms with E-state index in [0.29, 0.717) is 41.2 Å². The molecule has 1 aliphatic rings. The zero-order valence-electron chi connectivity index (χ0n) is 15.4. The average molecular weight is 445 g/mol. The summed E-state index contributed by atoms with van der Waals surface area (Å²) in [5.41, 5.74) is 0. The van der Waals surface area contributed by atoms with Gasteiger partial charge in [0.25, 0.3) is 5.91 Å². The Bertz CT molecular complexity index is 1150. The number of aromatic nitrogens is 2. The van der Waals surface area contributed by atoms with Gasteiger partial charge in [-0.3, -0.25) is 9.69 Å². The van der Waals surface area contributed by atoms with Crippen molar-refractivity contribution in [1.82, 2.24) is 19.9 Å². The summed E-state index contributed by atoms with van der Waals surface area (Å²) < 4.78 is 6.43. The van der Waals surface area contributed by atoms with E-state index in [1.807, 2.05) is 46.7 Å². The number of amides is 1. The van der Waals surface area contributed by atoms with Crippen LogP contribution in [0.2, 0.25) is 5.02 Å². The van der Waals surface area contributed by atoms with E-state index in [0.717, 1.165) is 28.1 Å². The number of hydrogen-bond donors (Lipinski definition) is 0. The molecule has 0 bridgehead atoms. The van der Waals surface area contributed by atoms with Crippen LogP contribution in [0.25, 0.3) is 20.8 Å². The van der Waals surface area contributed by atoms with Crippen molar-refractivity contribution in [3.63, 3.8) is 0 Å². The van der Waals surface area contributed by atoms with Crippen molar-refractivity contribution in [2.45, 2.75) is 6.54 Å². The van der Waals surface area contributed by atoms with E-state index in [1.165, 1.54) is 11.3 Å². The minimum Gasteiger partial charge on any atom is -0.338 e. The number of piperazine rings is 1. The number of carbonyl (C=O) groups is 1. The van der Waals surface area contributed by atoms with E-state index >= 15 is 0 Å². The predicted octanol–water partition coefficient (Wildman–Crippen LogP) is 4.62. The van der Waals surface area contributed by atoms with Crippen LogP contribution in [0.3, 0.4) is 0 Å². The highest BCUT2D eigenvalue weighted by molar-refractivity contribution is 7.21. The number of halogens is 1. The highest BCUT2D eigenvalue weighted by atomic mass is 35.5. The molecule has 9 heteroatoms. The van der Waals surface area contributed by atoms with Crippen LogP contribution in [-0.2, 0) is 6.54 Å². The smallest absolute Gasteiger partial charge is 0.265 e. The number of benzene rings is 1. The van der Waals surface area contributed by atoms with Crippen LogP contribution >= 0.6 is 34.3 Å². The monoisotopic (exact) mass is 444 g/mol. The average Bonchev–Trinajstić information content (AvgIpc) is 3.49. The number of fused-ring (bicyclic) bond motifs is 1. The molecule has 29 heavy (non-hydrogen) atoms. The Morgan fingerprint density at radius 3 is 2.72 bits per heavy atom. The Hall–Kier alpha value is -2.26. The van der Waals surface area contributed by atoms with Crippen molar-refractivity contribution in [2.24, 2.45) is 0 Å². The van der Waals surface area contributed by atoms with E-state index in [-0.39, 0.29) is 5.91 Å². The lowest BCUT2D eigenvalue weighted by Gasteiger charge is -2.33. The van der Waals surface area contributed by atoms with Gasteiger partial charge < -0.3 is 9.42 Å². The molecule has 0 radical (unpaired) electrons. The summed E-state index contributed by atoms with van der Waals surface area (Å²) in [4.78, 5) is 23.2. The molecule has 6 nitrogen and oxygen atoms in total. The van der Waals surface area contributed by atoms with Gasteiger partial charge in [-0.2, -0.15) is 4.98 Å². The number of nitrogens with zero attached hydrogens (tertiary/aromatic N) is 4. The Morgan fingerprint density at radius 1 is 1.14 bits per heavy atom. The number of rotatable bonds is 4. The van der Waals surface area contributed by atoms with Crippen molar-refractivity contribution in [1.29, 1.82) is 0 Å². The van der Waals surface area contributed by atoms with E-state index in [9.17, 15) is 4.79 Å². The second-order valence-electron chi connectivity index (χ2n) is 6.80. The Labute approximate surface area is 180 Å².